The average molecular weight is 284 g/mol. The molecule has 0 aromatic heterocycles. The predicted octanol–water partition coefficient (Wildman–Crippen LogP) is 1.28. The Morgan fingerprint density at radius 2 is 1.80 bits per heavy atom. The molecule has 5 heteroatoms. The number of morpholine rings is 1. The molecule has 2 heterocycles. The number of hydrogen-bond donors (Lipinski definition) is 1. The molecule has 0 radical (unpaired) electrons. The monoisotopic (exact) mass is 284 g/mol. The Balaban J connectivity index is 1.75. The van der Waals surface area contributed by atoms with Crippen LogP contribution in [0.1, 0.15) is 33.6 Å². The average Bonchev–Trinajstić information content (AvgIpc) is 2.37. The molecule has 0 aromatic carbocycles. The van der Waals surface area contributed by atoms with Crippen molar-refractivity contribution in [3.8, 4) is 0 Å². The van der Waals surface area contributed by atoms with Crippen LogP contribution in [0, 0.1) is 5.92 Å². The third-order valence-corrected chi connectivity index (χ3v) is 4.57. The van der Waals surface area contributed by atoms with Crippen LogP contribution in [0.15, 0.2) is 0 Å². The van der Waals surface area contributed by atoms with Gasteiger partial charge in [-0.3, -0.25) is 14.6 Å². The number of carboxylic acid groups (broad SMARTS) is 1. The van der Waals surface area contributed by atoms with E-state index in [1.54, 1.807) is 6.92 Å². The number of hydrogen-bond acceptors (Lipinski definition) is 4. The van der Waals surface area contributed by atoms with E-state index in [9.17, 15) is 4.79 Å². The molecule has 0 saturated carbocycles. The van der Waals surface area contributed by atoms with E-state index in [0.717, 1.165) is 45.6 Å². The molecule has 0 aliphatic carbocycles. The maximum Gasteiger partial charge on any atom is 0.320 e. The van der Waals surface area contributed by atoms with E-state index in [0.29, 0.717) is 18.1 Å². The number of rotatable bonds is 4. The lowest BCUT2D eigenvalue weighted by molar-refractivity contribution is -0.143. The van der Waals surface area contributed by atoms with Crippen molar-refractivity contribution in [3.05, 3.63) is 0 Å². The second-order valence-corrected chi connectivity index (χ2v) is 6.47. The first-order valence-electron chi connectivity index (χ1n) is 7.80. The van der Waals surface area contributed by atoms with Gasteiger partial charge in [0.2, 0.25) is 0 Å². The number of aliphatic carboxylic acids is 1. The highest BCUT2D eigenvalue weighted by Crippen LogP contribution is 2.22. The summed E-state index contributed by atoms with van der Waals surface area (Å²) in [7, 11) is 0. The minimum absolute atomic E-state index is 0.325. The van der Waals surface area contributed by atoms with E-state index in [1.165, 1.54) is 0 Å². The molecule has 0 amide bonds. The molecule has 116 valence electrons. The fourth-order valence-electron chi connectivity index (χ4n) is 3.48. The molecule has 20 heavy (non-hydrogen) atoms. The van der Waals surface area contributed by atoms with Crippen molar-refractivity contribution in [2.24, 2.45) is 5.92 Å². The third kappa shape index (κ3) is 4.17. The van der Waals surface area contributed by atoms with Gasteiger partial charge in [-0.2, -0.15) is 0 Å². The standard InChI is InChI=1S/C15H28N2O3/c1-11-8-16(9-12(2)20-11)10-14-4-6-17(7-5-14)13(3)15(18)19/h11-14H,4-10H2,1-3H3,(H,18,19)/t11-,12+,13-/m0/s1. The highest BCUT2D eigenvalue weighted by atomic mass is 16.5. The summed E-state index contributed by atoms with van der Waals surface area (Å²) in [5.41, 5.74) is 0. The van der Waals surface area contributed by atoms with Gasteiger partial charge >= 0.3 is 5.97 Å². The Hall–Kier alpha value is -0.650. The molecule has 1 N–H and O–H groups in total. The minimum atomic E-state index is -0.709. The smallest absolute Gasteiger partial charge is 0.320 e. The lowest BCUT2D eigenvalue weighted by Gasteiger charge is -2.40. The van der Waals surface area contributed by atoms with Crippen LogP contribution in [0.4, 0.5) is 0 Å². The van der Waals surface area contributed by atoms with Crippen molar-refractivity contribution in [2.75, 3.05) is 32.7 Å². The SMILES string of the molecule is C[C@@H]1CN(CC2CCN([C@@H](C)C(=O)O)CC2)C[C@H](C)O1. The van der Waals surface area contributed by atoms with Gasteiger partial charge in [0.25, 0.3) is 0 Å². The Kier molecular flexibility index (Phi) is 5.41. The van der Waals surface area contributed by atoms with Gasteiger partial charge in [-0.25, -0.2) is 0 Å². The summed E-state index contributed by atoms with van der Waals surface area (Å²) in [5.74, 6) is -0.0102. The lowest BCUT2D eigenvalue weighted by atomic mass is 9.94. The van der Waals surface area contributed by atoms with Crippen LogP contribution < -0.4 is 0 Å². The van der Waals surface area contributed by atoms with E-state index >= 15 is 0 Å². The van der Waals surface area contributed by atoms with Gasteiger partial charge in [-0.1, -0.05) is 0 Å². The van der Waals surface area contributed by atoms with E-state index in [-0.39, 0.29) is 6.04 Å². The van der Waals surface area contributed by atoms with Crippen molar-refractivity contribution >= 4 is 5.97 Å². The largest absolute Gasteiger partial charge is 0.480 e. The van der Waals surface area contributed by atoms with Crippen molar-refractivity contribution in [2.45, 2.75) is 51.9 Å². The molecular weight excluding hydrogens is 256 g/mol. The lowest BCUT2D eigenvalue weighted by Crippen LogP contribution is -2.49. The summed E-state index contributed by atoms with van der Waals surface area (Å²) >= 11 is 0. The first-order valence-corrected chi connectivity index (χ1v) is 7.80. The molecule has 2 aliphatic rings. The zero-order valence-electron chi connectivity index (χ0n) is 12.9. The van der Waals surface area contributed by atoms with E-state index in [2.05, 4.69) is 23.6 Å². The van der Waals surface area contributed by atoms with E-state index < -0.39 is 5.97 Å². The van der Waals surface area contributed by atoms with E-state index in [4.69, 9.17) is 9.84 Å². The molecule has 2 fully saturated rings. The van der Waals surface area contributed by atoms with Gasteiger partial charge in [0.05, 0.1) is 12.2 Å². The summed E-state index contributed by atoms with van der Waals surface area (Å²) in [5, 5.41) is 9.06. The first-order chi connectivity index (χ1) is 9.45. The molecule has 2 saturated heterocycles. The maximum absolute atomic E-state index is 11.0. The van der Waals surface area contributed by atoms with E-state index in [1.807, 2.05) is 0 Å². The molecule has 0 unspecified atom stereocenters. The quantitative estimate of drug-likeness (QED) is 0.843. The number of ether oxygens (including phenoxy) is 1. The zero-order valence-corrected chi connectivity index (χ0v) is 12.9. The molecule has 2 aliphatic heterocycles. The number of likely N-dealkylation sites (tertiary alicyclic amines) is 1. The summed E-state index contributed by atoms with van der Waals surface area (Å²) in [6.45, 7) is 11.1. The third-order valence-electron chi connectivity index (χ3n) is 4.57. The predicted molar refractivity (Wildman–Crippen MR) is 77.8 cm³/mol. The van der Waals surface area contributed by atoms with Gasteiger partial charge in [-0.15, -0.1) is 0 Å². The number of carbonyl (C=O) groups is 1. The zero-order chi connectivity index (χ0) is 14.7. The summed E-state index contributed by atoms with van der Waals surface area (Å²) in [4.78, 5) is 15.6. The fraction of sp³-hybridized carbons (Fsp3) is 0.933. The Morgan fingerprint density at radius 1 is 1.25 bits per heavy atom. The molecule has 3 atom stereocenters. The van der Waals surface area contributed by atoms with Gasteiger partial charge in [-0.05, 0) is 52.6 Å². The van der Waals surface area contributed by atoms with Gasteiger partial charge in [0.1, 0.15) is 6.04 Å². The minimum Gasteiger partial charge on any atom is -0.480 e. The van der Waals surface area contributed by atoms with Crippen molar-refractivity contribution in [3.63, 3.8) is 0 Å². The first kappa shape index (κ1) is 15.7. The summed E-state index contributed by atoms with van der Waals surface area (Å²) in [6, 6.07) is -0.348. The Bertz CT molecular complexity index is 319. The summed E-state index contributed by atoms with van der Waals surface area (Å²) in [6.07, 6.45) is 2.87. The molecule has 0 aromatic rings. The summed E-state index contributed by atoms with van der Waals surface area (Å²) < 4.78 is 5.77. The van der Waals surface area contributed by atoms with Crippen molar-refractivity contribution in [1.29, 1.82) is 0 Å². The second-order valence-electron chi connectivity index (χ2n) is 6.47. The van der Waals surface area contributed by atoms with Crippen LogP contribution in [0.5, 0.6) is 0 Å². The van der Waals surface area contributed by atoms with Crippen LogP contribution >= 0.6 is 0 Å². The number of nitrogens with zero attached hydrogens (tertiary/aromatic N) is 2. The molecule has 5 nitrogen and oxygen atoms in total. The normalized spacial score (nSPS) is 32.1. The Morgan fingerprint density at radius 3 is 2.30 bits per heavy atom. The maximum atomic E-state index is 11.0. The van der Waals surface area contributed by atoms with Crippen molar-refractivity contribution in [1.82, 2.24) is 9.80 Å². The molecule has 2 rings (SSSR count). The van der Waals surface area contributed by atoms with Crippen molar-refractivity contribution < 1.29 is 14.6 Å². The van der Waals surface area contributed by atoms with Gasteiger partial charge < -0.3 is 9.84 Å². The fourth-order valence-corrected chi connectivity index (χ4v) is 3.48. The van der Waals surface area contributed by atoms with Gasteiger partial charge in [0, 0.05) is 19.6 Å². The highest BCUT2D eigenvalue weighted by molar-refractivity contribution is 5.72. The van der Waals surface area contributed by atoms with Crippen LogP contribution in [0.3, 0.4) is 0 Å². The molecule has 0 spiro atoms. The topological polar surface area (TPSA) is 53.0 Å². The van der Waals surface area contributed by atoms with Crippen LogP contribution in [-0.4, -0.2) is 71.8 Å². The number of carboxylic acids is 1. The van der Waals surface area contributed by atoms with Crippen LogP contribution in [-0.2, 0) is 9.53 Å². The highest BCUT2D eigenvalue weighted by Gasteiger charge is 2.29. The van der Waals surface area contributed by atoms with Gasteiger partial charge in [0.15, 0.2) is 0 Å². The molecular formula is C15H28N2O3. The Labute approximate surface area is 121 Å². The number of piperidine rings is 1. The second kappa shape index (κ2) is 6.87. The van der Waals surface area contributed by atoms with Crippen LogP contribution in [0.25, 0.3) is 0 Å². The van der Waals surface area contributed by atoms with Crippen LogP contribution in [0.2, 0.25) is 0 Å². The molecule has 0 bridgehead atoms.